The minimum absolute atomic E-state index is 0.00441. The van der Waals surface area contributed by atoms with Crippen LogP contribution in [0.4, 0.5) is 13.2 Å². The van der Waals surface area contributed by atoms with Crippen molar-refractivity contribution in [3.05, 3.63) is 0 Å². The van der Waals surface area contributed by atoms with Crippen LogP contribution in [0.25, 0.3) is 0 Å². The van der Waals surface area contributed by atoms with E-state index >= 15 is 0 Å². The summed E-state index contributed by atoms with van der Waals surface area (Å²) in [5, 5.41) is 9.02. The lowest BCUT2D eigenvalue weighted by molar-refractivity contribution is -0.188. The van der Waals surface area contributed by atoms with E-state index in [-0.39, 0.29) is 18.8 Å². The summed E-state index contributed by atoms with van der Waals surface area (Å²) in [4.78, 5) is 24.8. The summed E-state index contributed by atoms with van der Waals surface area (Å²) < 4.78 is 44.7. The van der Waals surface area contributed by atoms with Crippen molar-refractivity contribution in [1.29, 1.82) is 0 Å². The maximum Gasteiger partial charge on any atom is 0.394 e. The van der Waals surface area contributed by atoms with Gasteiger partial charge in [0.25, 0.3) is 0 Å². The average Bonchev–Trinajstić information content (AvgIpc) is 3.09. The molecule has 3 saturated heterocycles. The normalized spacial score (nSPS) is 41.2. The number of carboxylic acids is 1. The predicted octanol–water partition coefficient (Wildman–Crippen LogP) is 1.67. The van der Waals surface area contributed by atoms with Crippen LogP contribution in [0.2, 0.25) is 0 Å². The molecule has 3 aliphatic heterocycles. The highest BCUT2D eigenvalue weighted by atomic mass is 19.4. The van der Waals surface area contributed by atoms with Crippen molar-refractivity contribution in [2.75, 3.05) is 13.1 Å². The number of carbonyl (C=O) groups is 2. The lowest BCUT2D eigenvalue weighted by atomic mass is 9.74. The van der Waals surface area contributed by atoms with Gasteiger partial charge in [-0.1, -0.05) is 0 Å². The zero-order valence-electron chi connectivity index (χ0n) is 12.1. The number of halogens is 3. The number of alkyl halides is 3. The average molecular weight is 321 g/mol. The molecule has 0 aromatic carbocycles. The van der Waals surface area contributed by atoms with E-state index in [1.165, 1.54) is 0 Å². The Bertz CT molecular complexity index is 509. The molecule has 3 rings (SSSR count). The monoisotopic (exact) mass is 321 g/mol. The Morgan fingerprint density at radius 1 is 1.27 bits per heavy atom. The highest BCUT2D eigenvalue weighted by Gasteiger charge is 2.59. The van der Waals surface area contributed by atoms with Crippen LogP contribution in [0.5, 0.6) is 0 Å². The molecule has 3 fully saturated rings. The zero-order valence-corrected chi connectivity index (χ0v) is 12.1. The summed E-state index contributed by atoms with van der Waals surface area (Å²) in [5.74, 6) is -5.51. The molecule has 0 aromatic heterocycles. The first kappa shape index (κ1) is 15.6. The fourth-order valence-corrected chi connectivity index (χ4v) is 4.07. The van der Waals surface area contributed by atoms with Crippen molar-refractivity contribution < 1.29 is 32.6 Å². The van der Waals surface area contributed by atoms with Gasteiger partial charge in [0, 0.05) is 13.1 Å². The topological polar surface area (TPSA) is 66.8 Å². The highest BCUT2D eigenvalue weighted by molar-refractivity contribution is 5.85. The molecular weight excluding hydrogens is 303 g/mol. The van der Waals surface area contributed by atoms with E-state index in [0.29, 0.717) is 6.42 Å². The van der Waals surface area contributed by atoms with Gasteiger partial charge in [-0.15, -0.1) is 0 Å². The summed E-state index contributed by atoms with van der Waals surface area (Å²) >= 11 is 0. The molecule has 0 radical (unpaired) electrons. The molecule has 8 heteroatoms. The number of rotatable bonds is 2. The second-order valence-corrected chi connectivity index (χ2v) is 6.75. The van der Waals surface area contributed by atoms with Crippen LogP contribution in [0.15, 0.2) is 0 Å². The van der Waals surface area contributed by atoms with Crippen molar-refractivity contribution >= 4 is 11.9 Å². The van der Waals surface area contributed by atoms with Crippen LogP contribution < -0.4 is 0 Å². The molecule has 3 heterocycles. The maximum absolute atomic E-state index is 13.0. The van der Waals surface area contributed by atoms with Crippen LogP contribution in [-0.4, -0.2) is 53.4 Å². The van der Waals surface area contributed by atoms with Crippen LogP contribution in [0.3, 0.4) is 0 Å². The van der Waals surface area contributed by atoms with Gasteiger partial charge in [-0.3, -0.25) is 9.59 Å². The number of aliphatic carboxylic acids is 1. The lowest BCUT2D eigenvalue weighted by Crippen LogP contribution is -2.47. The third-order valence-electron chi connectivity index (χ3n) is 5.30. The lowest BCUT2D eigenvalue weighted by Gasteiger charge is -2.34. The number of ether oxygens (including phenoxy) is 1. The largest absolute Gasteiger partial charge is 0.481 e. The Balaban J connectivity index is 1.78. The number of likely N-dealkylation sites (tertiary alicyclic amines) is 1. The van der Waals surface area contributed by atoms with Gasteiger partial charge in [0.15, 0.2) is 0 Å². The predicted molar refractivity (Wildman–Crippen MR) is 67.9 cm³/mol. The Hall–Kier alpha value is -1.31. The first-order valence-electron chi connectivity index (χ1n) is 7.37. The van der Waals surface area contributed by atoms with E-state index in [9.17, 15) is 22.8 Å². The fourth-order valence-electron chi connectivity index (χ4n) is 4.07. The van der Waals surface area contributed by atoms with Gasteiger partial charge in [-0.25, -0.2) is 0 Å². The summed E-state index contributed by atoms with van der Waals surface area (Å²) in [5.41, 5.74) is -0.827. The number of hydrogen-bond acceptors (Lipinski definition) is 3. The summed E-state index contributed by atoms with van der Waals surface area (Å²) in [6, 6.07) is 0. The van der Waals surface area contributed by atoms with E-state index in [1.54, 1.807) is 6.92 Å². The van der Waals surface area contributed by atoms with Gasteiger partial charge in [-0.2, -0.15) is 13.2 Å². The Morgan fingerprint density at radius 3 is 2.36 bits per heavy atom. The first-order valence-corrected chi connectivity index (χ1v) is 7.37. The Morgan fingerprint density at radius 2 is 1.95 bits per heavy atom. The summed E-state index contributed by atoms with van der Waals surface area (Å²) in [7, 11) is 0. The van der Waals surface area contributed by atoms with E-state index in [4.69, 9.17) is 9.84 Å². The zero-order chi connectivity index (χ0) is 16.3. The van der Waals surface area contributed by atoms with Crippen molar-refractivity contribution in [2.45, 2.75) is 44.6 Å². The third-order valence-corrected chi connectivity index (χ3v) is 5.30. The highest BCUT2D eigenvalue weighted by Crippen LogP contribution is 2.49. The molecular formula is C14H18F3NO4. The number of hydrogen-bond donors (Lipinski definition) is 1. The molecule has 0 saturated carbocycles. The maximum atomic E-state index is 13.0. The molecule has 3 aliphatic rings. The standard InChI is InChI=1S/C14H18F3NO4/c1-13(4-7-2-3-10(13)22-7)12(21)18-5-8(11(19)20)9(6-18)14(15,16)17/h7-10H,2-6H2,1H3,(H,19,20)/t7?,8-,9-,10?,13?/m1/s1. The van der Waals surface area contributed by atoms with Crippen LogP contribution in [0, 0.1) is 17.3 Å². The quantitative estimate of drug-likeness (QED) is 0.840. The fraction of sp³-hybridized carbons (Fsp3) is 0.857. The molecule has 5 atom stereocenters. The molecule has 0 aromatic rings. The van der Waals surface area contributed by atoms with Gasteiger partial charge in [0.2, 0.25) is 5.91 Å². The van der Waals surface area contributed by atoms with E-state index in [2.05, 4.69) is 0 Å². The summed E-state index contributed by atoms with van der Waals surface area (Å²) in [6.45, 7) is 0.757. The smallest absolute Gasteiger partial charge is 0.394 e. The molecule has 3 unspecified atom stereocenters. The van der Waals surface area contributed by atoms with Crippen molar-refractivity contribution in [3.63, 3.8) is 0 Å². The van der Waals surface area contributed by atoms with Crippen LogP contribution >= 0.6 is 0 Å². The van der Waals surface area contributed by atoms with Crippen molar-refractivity contribution in [3.8, 4) is 0 Å². The van der Waals surface area contributed by atoms with Gasteiger partial charge < -0.3 is 14.7 Å². The summed E-state index contributed by atoms with van der Waals surface area (Å²) in [6.07, 6.45) is -2.79. The van der Waals surface area contributed by atoms with Gasteiger partial charge in [-0.05, 0) is 26.2 Å². The number of carbonyl (C=O) groups excluding carboxylic acids is 1. The Labute approximate surface area is 125 Å². The van der Waals surface area contributed by atoms with E-state index in [0.717, 1.165) is 17.7 Å². The molecule has 5 nitrogen and oxygen atoms in total. The van der Waals surface area contributed by atoms with Gasteiger partial charge in [0.05, 0.1) is 29.5 Å². The van der Waals surface area contributed by atoms with Gasteiger partial charge >= 0.3 is 12.1 Å². The number of amides is 1. The van der Waals surface area contributed by atoms with E-state index in [1.807, 2.05) is 0 Å². The van der Waals surface area contributed by atoms with Crippen LogP contribution in [-0.2, 0) is 14.3 Å². The number of fused-ring (bicyclic) bond motifs is 2. The third kappa shape index (κ3) is 2.28. The first-order chi connectivity index (χ1) is 10.1. The van der Waals surface area contributed by atoms with Crippen molar-refractivity contribution in [2.24, 2.45) is 17.3 Å². The second kappa shape index (κ2) is 4.84. The SMILES string of the molecule is CC1(C(=O)N2C[C@@H](C(F)(F)F)[C@H](C(=O)O)C2)CC2CCC1O2. The van der Waals surface area contributed by atoms with E-state index < -0.39 is 41.8 Å². The molecule has 0 spiro atoms. The van der Waals surface area contributed by atoms with Crippen molar-refractivity contribution in [1.82, 2.24) is 4.90 Å². The van der Waals surface area contributed by atoms with Crippen LogP contribution in [0.1, 0.15) is 26.2 Å². The van der Waals surface area contributed by atoms with Gasteiger partial charge in [0.1, 0.15) is 0 Å². The Kier molecular flexibility index (Phi) is 3.43. The number of carboxylic acid groups (broad SMARTS) is 1. The molecule has 1 N–H and O–H groups in total. The molecule has 1 amide bonds. The minimum atomic E-state index is -4.62. The number of nitrogens with zero attached hydrogens (tertiary/aromatic N) is 1. The molecule has 124 valence electrons. The minimum Gasteiger partial charge on any atom is -0.481 e. The molecule has 2 bridgehead atoms. The second-order valence-electron chi connectivity index (χ2n) is 6.75. The molecule has 0 aliphatic carbocycles. The molecule has 22 heavy (non-hydrogen) atoms.